The van der Waals surface area contributed by atoms with E-state index < -0.39 is 7.12 Å². The van der Waals surface area contributed by atoms with Gasteiger partial charge in [0.25, 0.3) is 0 Å². The summed E-state index contributed by atoms with van der Waals surface area (Å²) in [7, 11) is -0.488. The van der Waals surface area contributed by atoms with Gasteiger partial charge < -0.3 is 9.31 Å². The van der Waals surface area contributed by atoms with Crippen molar-refractivity contribution in [3.63, 3.8) is 0 Å². The summed E-state index contributed by atoms with van der Waals surface area (Å²) in [6, 6.07) is 0. The summed E-state index contributed by atoms with van der Waals surface area (Å²) < 4.78 is 12.0. The highest BCUT2D eigenvalue weighted by Crippen LogP contribution is 2.37. The van der Waals surface area contributed by atoms with Gasteiger partial charge in [0.15, 0.2) is 0 Å². The molecule has 1 aliphatic heterocycles. The normalized spacial score (nSPS) is 21.1. The summed E-state index contributed by atoms with van der Waals surface area (Å²) in [5.74, 6) is 0. The minimum atomic E-state index is -0.488. The predicted molar refractivity (Wildman–Crippen MR) is 75.1 cm³/mol. The molecule has 1 aliphatic rings. The van der Waals surface area contributed by atoms with Crippen LogP contribution < -0.4 is 5.46 Å². The van der Waals surface area contributed by atoms with Crippen molar-refractivity contribution in [3.8, 4) is 0 Å². The zero-order chi connectivity index (χ0) is 13.6. The maximum atomic E-state index is 6.20. The molecule has 0 spiro atoms. The van der Waals surface area contributed by atoms with Gasteiger partial charge in [0.1, 0.15) is 0 Å². The van der Waals surface area contributed by atoms with Gasteiger partial charge in [-0.05, 0) is 33.3 Å². The molecule has 0 amide bonds. The largest absolute Gasteiger partial charge is 0.497 e. The zero-order valence-corrected chi connectivity index (χ0v) is 11.9. The average molecular weight is 266 g/mol. The summed E-state index contributed by atoms with van der Waals surface area (Å²) >= 11 is 6.20. The molecule has 2 heterocycles. The molecule has 0 unspecified atom stereocenters. The number of hydrogen-bond donors (Lipinski definition) is 0. The van der Waals surface area contributed by atoms with E-state index in [4.69, 9.17) is 20.9 Å². The Morgan fingerprint density at radius 1 is 1.22 bits per heavy atom. The van der Waals surface area contributed by atoms with Gasteiger partial charge in [0.2, 0.25) is 0 Å². The van der Waals surface area contributed by atoms with Gasteiger partial charge in [-0.2, -0.15) is 0 Å². The second-order valence-electron chi connectivity index (χ2n) is 5.42. The smallest absolute Gasteiger partial charge is 0.399 e. The Morgan fingerprint density at radius 3 is 2.28 bits per heavy atom. The highest BCUT2D eigenvalue weighted by molar-refractivity contribution is 6.66. The zero-order valence-electron chi connectivity index (χ0n) is 11.2. The molecule has 18 heavy (non-hydrogen) atoms. The van der Waals surface area contributed by atoms with Crippen molar-refractivity contribution in [1.82, 2.24) is 4.98 Å². The van der Waals surface area contributed by atoms with Gasteiger partial charge in [0, 0.05) is 17.9 Å². The van der Waals surface area contributed by atoms with Crippen molar-refractivity contribution in [1.29, 1.82) is 0 Å². The molecule has 5 heteroatoms. The summed E-state index contributed by atoms with van der Waals surface area (Å²) in [4.78, 5) is 4.05. The van der Waals surface area contributed by atoms with Crippen molar-refractivity contribution in [2.75, 3.05) is 0 Å². The maximum absolute atomic E-state index is 6.20. The summed E-state index contributed by atoms with van der Waals surface area (Å²) in [6.07, 6.45) is 5.01. The summed E-state index contributed by atoms with van der Waals surface area (Å²) in [6.45, 7) is 11.8. The van der Waals surface area contributed by atoms with E-state index in [1.165, 1.54) is 0 Å². The minimum absolute atomic E-state index is 0.386. The Kier molecular flexibility index (Phi) is 3.30. The van der Waals surface area contributed by atoms with Crippen LogP contribution in [0.25, 0.3) is 6.08 Å². The number of rotatable bonds is 2. The first-order chi connectivity index (χ1) is 8.28. The third-order valence-electron chi connectivity index (χ3n) is 3.68. The van der Waals surface area contributed by atoms with E-state index in [-0.39, 0.29) is 11.2 Å². The van der Waals surface area contributed by atoms with Crippen LogP contribution in [0.2, 0.25) is 5.02 Å². The molecule has 0 aliphatic carbocycles. The average Bonchev–Trinajstić information content (AvgIpc) is 2.47. The Balaban J connectivity index is 2.44. The summed E-state index contributed by atoms with van der Waals surface area (Å²) in [5.41, 5.74) is 0.854. The van der Waals surface area contributed by atoms with Crippen LogP contribution in [-0.2, 0) is 9.31 Å². The van der Waals surface area contributed by atoms with Crippen molar-refractivity contribution in [3.05, 3.63) is 29.6 Å². The van der Waals surface area contributed by atoms with E-state index in [1.807, 2.05) is 27.7 Å². The van der Waals surface area contributed by atoms with Crippen LogP contribution in [0.5, 0.6) is 0 Å². The molecule has 96 valence electrons. The first-order valence-electron chi connectivity index (χ1n) is 5.90. The SMILES string of the molecule is C=Cc1cncc(Cl)c1B1OC(C)(C)C(C)(C)O1. The Hall–Kier alpha value is -0.835. The van der Waals surface area contributed by atoms with Crippen molar-refractivity contribution < 1.29 is 9.31 Å². The van der Waals surface area contributed by atoms with Gasteiger partial charge >= 0.3 is 7.12 Å². The third kappa shape index (κ3) is 2.09. The molecule has 0 radical (unpaired) electrons. The van der Waals surface area contributed by atoms with Gasteiger partial charge in [0.05, 0.1) is 16.2 Å². The molecule has 0 N–H and O–H groups in total. The van der Waals surface area contributed by atoms with E-state index in [2.05, 4.69) is 11.6 Å². The second-order valence-corrected chi connectivity index (χ2v) is 5.82. The van der Waals surface area contributed by atoms with Gasteiger partial charge in [-0.3, -0.25) is 4.98 Å². The molecular formula is C13H17BClNO2. The molecule has 0 atom stereocenters. The molecule has 0 bridgehead atoms. The highest BCUT2D eigenvalue weighted by Gasteiger charge is 2.52. The molecule has 0 aromatic carbocycles. The van der Waals surface area contributed by atoms with Crippen molar-refractivity contribution in [2.24, 2.45) is 0 Å². The number of pyridine rings is 1. The van der Waals surface area contributed by atoms with E-state index in [9.17, 15) is 0 Å². The first-order valence-corrected chi connectivity index (χ1v) is 6.28. The fourth-order valence-electron chi connectivity index (χ4n) is 1.83. The quantitative estimate of drug-likeness (QED) is 0.771. The Morgan fingerprint density at radius 2 is 1.78 bits per heavy atom. The number of halogens is 1. The lowest BCUT2D eigenvalue weighted by atomic mass is 9.76. The van der Waals surface area contributed by atoms with E-state index >= 15 is 0 Å². The lowest BCUT2D eigenvalue weighted by molar-refractivity contribution is 0.00578. The molecule has 1 aromatic rings. The third-order valence-corrected chi connectivity index (χ3v) is 3.98. The number of hydrogen-bond acceptors (Lipinski definition) is 3. The monoisotopic (exact) mass is 265 g/mol. The Bertz CT molecular complexity index is 472. The fourth-order valence-corrected chi connectivity index (χ4v) is 2.09. The van der Waals surface area contributed by atoms with Crippen LogP contribution >= 0.6 is 11.6 Å². The van der Waals surface area contributed by atoms with E-state index in [1.54, 1.807) is 18.5 Å². The molecule has 1 saturated heterocycles. The number of nitrogens with zero attached hydrogens (tertiary/aromatic N) is 1. The molecule has 3 nitrogen and oxygen atoms in total. The van der Waals surface area contributed by atoms with Crippen LogP contribution in [0, 0.1) is 0 Å². The Labute approximate surface area is 113 Å². The van der Waals surface area contributed by atoms with Crippen LogP contribution in [0.4, 0.5) is 0 Å². The van der Waals surface area contributed by atoms with Crippen LogP contribution in [0.15, 0.2) is 19.0 Å². The number of aromatic nitrogens is 1. The lowest BCUT2D eigenvalue weighted by Gasteiger charge is -2.32. The van der Waals surface area contributed by atoms with Gasteiger partial charge in [-0.15, -0.1) is 0 Å². The first kappa shape index (κ1) is 13.6. The molecule has 2 rings (SSSR count). The standard InChI is InChI=1S/C13H17BClNO2/c1-6-9-7-16-8-10(15)11(9)14-17-12(2,3)13(4,5)18-14/h6-8H,1H2,2-5H3. The van der Waals surface area contributed by atoms with Gasteiger partial charge in [-0.1, -0.05) is 24.3 Å². The maximum Gasteiger partial charge on any atom is 0.497 e. The molecule has 1 fully saturated rings. The fraction of sp³-hybridized carbons (Fsp3) is 0.462. The topological polar surface area (TPSA) is 31.4 Å². The second kappa shape index (κ2) is 4.37. The highest BCUT2D eigenvalue weighted by atomic mass is 35.5. The predicted octanol–water partition coefficient (Wildman–Crippen LogP) is 2.68. The minimum Gasteiger partial charge on any atom is -0.399 e. The summed E-state index contributed by atoms with van der Waals surface area (Å²) in [5, 5.41) is 0.533. The van der Waals surface area contributed by atoms with Crippen LogP contribution in [0.3, 0.4) is 0 Å². The molecule has 0 saturated carbocycles. The van der Waals surface area contributed by atoms with Gasteiger partial charge in [-0.25, -0.2) is 0 Å². The molecule has 1 aromatic heterocycles. The molecular weight excluding hydrogens is 248 g/mol. The van der Waals surface area contributed by atoms with Crippen LogP contribution in [0.1, 0.15) is 33.3 Å². The van der Waals surface area contributed by atoms with Crippen LogP contribution in [-0.4, -0.2) is 23.3 Å². The lowest BCUT2D eigenvalue weighted by Crippen LogP contribution is -2.41. The van der Waals surface area contributed by atoms with E-state index in [0.717, 1.165) is 11.0 Å². The van der Waals surface area contributed by atoms with Crippen molar-refractivity contribution >= 4 is 30.3 Å². The van der Waals surface area contributed by atoms with E-state index in [0.29, 0.717) is 5.02 Å². The van der Waals surface area contributed by atoms with Crippen molar-refractivity contribution in [2.45, 2.75) is 38.9 Å².